The van der Waals surface area contributed by atoms with Crippen molar-refractivity contribution in [1.29, 1.82) is 0 Å². The van der Waals surface area contributed by atoms with Crippen molar-refractivity contribution in [2.75, 3.05) is 18.8 Å². The summed E-state index contributed by atoms with van der Waals surface area (Å²) in [6.07, 6.45) is 2.53. The number of thiophene rings is 1. The van der Waals surface area contributed by atoms with Crippen molar-refractivity contribution in [2.24, 2.45) is 5.92 Å². The predicted octanol–water partition coefficient (Wildman–Crippen LogP) is 3.92. The Hall–Kier alpha value is 0.01000. The highest BCUT2D eigenvalue weighted by atomic mass is 32.1. The normalized spacial score (nSPS) is 13.2. The first-order valence-electron chi connectivity index (χ1n) is 6.11. The molecule has 0 spiro atoms. The molecule has 3 heteroatoms. The van der Waals surface area contributed by atoms with Gasteiger partial charge in [-0.05, 0) is 49.0 Å². The van der Waals surface area contributed by atoms with Crippen LogP contribution in [0.25, 0.3) is 0 Å². The monoisotopic (exact) mass is 257 g/mol. The van der Waals surface area contributed by atoms with E-state index in [9.17, 15) is 0 Å². The maximum absolute atomic E-state index is 4.29. The van der Waals surface area contributed by atoms with Gasteiger partial charge in [-0.3, -0.25) is 4.90 Å². The molecule has 0 saturated carbocycles. The van der Waals surface area contributed by atoms with E-state index in [1.54, 1.807) is 0 Å². The van der Waals surface area contributed by atoms with Gasteiger partial charge in [0, 0.05) is 11.4 Å². The molecule has 16 heavy (non-hydrogen) atoms. The molecule has 92 valence electrons. The molecule has 1 nitrogen and oxygen atoms in total. The van der Waals surface area contributed by atoms with Gasteiger partial charge < -0.3 is 0 Å². The highest BCUT2D eigenvalue weighted by molar-refractivity contribution is 7.80. The largest absolute Gasteiger partial charge is 0.299 e. The summed E-state index contributed by atoms with van der Waals surface area (Å²) in [5.41, 5.74) is 0. The van der Waals surface area contributed by atoms with E-state index in [2.05, 4.69) is 48.9 Å². The number of hydrogen-bond donors (Lipinski definition) is 1. The Kier molecular flexibility index (Phi) is 7.17. The van der Waals surface area contributed by atoms with Gasteiger partial charge in [0.2, 0.25) is 0 Å². The number of nitrogens with zero attached hydrogens (tertiary/aromatic N) is 1. The lowest BCUT2D eigenvalue weighted by atomic mass is 10.1. The summed E-state index contributed by atoms with van der Waals surface area (Å²) < 4.78 is 0. The summed E-state index contributed by atoms with van der Waals surface area (Å²) in [5, 5.41) is 2.16. The quantitative estimate of drug-likeness (QED) is 0.691. The van der Waals surface area contributed by atoms with Crippen LogP contribution in [0.1, 0.15) is 31.6 Å². The van der Waals surface area contributed by atoms with Crippen LogP contribution in [0.5, 0.6) is 0 Å². The minimum Gasteiger partial charge on any atom is -0.299 e. The predicted molar refractivity (Wildman–Crippen MR) is 77.5 cm³/mol. The maximum Gasteiger partial charge on any atom is 0.0327 e. The van der Waals surface area contributed by atoms with Crippen LogP contribution in [0.3, 0.4) is 0 Å². The molecular formula is C13H23NS2. The third-order valence-corrected chi connectivity index (χ3v) is 4.09. The molecular weight excluding hydrogens is 234 g/mol. The van der Waals surface area contributed by atoms with Crippen molar-refractivity contribution in [3.05, 3.63) is 22.4 Å². The van der Waals surface area contributed by atoms with E-state index in [1.807, 2.05) is 11.3 Å². The van der Waals surface area contributed by atoms with Crippen molar-refractivity contribution in [1.82, 2.24) is 4.90 Å². The molecule has 1 rings (SSSR count). The van der Waals surface area contributed by atoms with Crippen molar-refractivity contribution in [2.45, 2.75) is 33.2 Å². The van der Waals surface area contributed by atoms with E-state index in [0.29, 0.717) is 0 Å². The number of thiol groups is 1. The molecule has 1 unspecified atom stereocenters. The average molecular weight is 257 g/mol. The van der Waals surface area contributed by atoms with Crippen molar-refractivity contribution in [3.8, 4) is 0 Å². The lowest BCUT2D eigenvalue weighted by Crippen LogP contribution is -2.24. The zero-order valence-electron chi connectivity index (χ0n) is 10.4. The Morgan fingerprint density at radius 1 is 1.44 bits per heavy atom. The number of rotatable bonds is 8. The third kappa shape index (κ3) is 5.37. The molecule has 0 aliphatic heterocycles. The molecule has 1 heterocycles. The Labute approximate surface area is 109 Å². The van der Waals surface area contributed by atoms with Gasteiger partial charge in [0.05, 0.1) is 0 Å². The molecule has 0 amide bonds. The fraction of sp³-hybridized carbons (Fsp3) is 0.692. The van der Waals surface area contributed by atoms with E-state index >= 15 is 0 Å². The molecule has 0 saturated heterocycles. The molecule has 1 atom stereocenters. The standard InChI is InChI=1S/C13H23NS2/c1-3-14(8-6-12(2)7-9-15)11-13-5-4-10-16-13/h4-5,10,12,15H,3,6-9,11H2,1-2H3. The lowest BCUT2D eigenvalue weighted by molar-refractivity contribution is 0.260. The second-order valence-corrected chi connectivity index (χ2v) is 5.83. The van der Waals surface area contributed by atoms with Gasteiger partial charge in [-0.2, -0.15) is 12.6 Å². The summed E-state index contributed by atoms with van der Waals surface area (Å²) in [4.78, 5) is 4.00. The molecule has 0 fully saturated rings. The maximum atomic E-state index is 4.29. The van der Waals surface area contributed by atoms with Crippen LogP contribution in [0.2, 0.25) is 0 Å². The molecule has 0 aromatic carbocycles. The van der Waals surface area contributed by atoms with Crippen LogP contribution in [-0.2, 0) is 6.54 Å². The van der Waals surface area contributed by atoms with E-state index < -0.39 is 0 Å². The van der Waals surface area contributed by atoms with E-state index in [-0.39, 0.29) is 0 Å². The van der Waals surface area contributed by atoms with Gasteiger partial charge in [-0.25, -0.2) is 0 Å². The minimum atomic E-state index is 0.801. The second kappa shape index (κ2) is 8.15. The van der Waals surface area contributed by atoms with E-state index in [0.717, 1.165) is 24.8 Å². The van der Waals surface area contributed by atoms with Crippen LogP contribution >= 0.6 is 24.0 Å². The fourth-order valence-corrected chi connectivity index (χ4v) is 2.93. The molecule has 0 radical (unpaired) electrons. The topological polar surface area (TPSA) is 3.24 Å². The molecule has 0 aliphatic carbocycles. The Morgan fingerprint density at radius 2 is 2.25 bits per heavy atom. The highest BCUT2D eigenvalue weighted by Crippen LogP contribution is 2.14. The average Bonchev–Trinajstić information content (AvgIpc) is 2.77. The Bertz CT molecular complexity index is 259. The van der Waals surface area contributed by atoms with Gasteiger partial charge in [0.25, 0.3) is 0 Å². The van der Waals surface area contributed by atoms with Crippen LogP contribution in [-0.4, -0.2) is 23.7 Å². The molecule has 0 bridgehead atoms. The number of hydrogen-bond acceptors (Lipinski definition) is 3. The van der Waals surface area contributed by atoms with Crippen LogP contribution in [0.4, 0.5) is 0 Å². The lowest BCUT2D eigenvalue weighted by Gasteiger charge is -2.21. The molecule has 1 aromatic rings. The van der Waals surface area contributed by atoms with Gasteiger partial charge in [0.1, 0.15) is 0 Å². The van der Waals surface area contributed by atoms with Crippen LogP contribution < -0.4 is 0 Å². The second-order valence-electron chi connectivity index (χ2n) is 4.35. The fourth-order valence-electron chi connectivity index (χ4n) is 1.74. The highest BCUT2D eigenvalue weighted by Gasteiger charge is 2.07. The van der Waals surface area contributed by atoms with Crippen molar-refractivity contribution >= 4 is 24.0 Å². The first-order chi connectivity index (χ1) is 7.76. The molecule has 0 aliphatic rings. The smallest absolute Gasteiger partial charge is 0.0327 e. The van der Waals surface area contributed by atoms with Crippen LogP contribution in [0, 0.1) is 5.92 Å². The van der Waals surface area contributed by atoms with Gasteiger partial charge >= 0.3 is 0 Å². The zero-order chi connectivity index (χ0) is 11.8. The van der Waals surface area contributed by atoms with E-state index in [4.69, 9.17) is 0 Å². The van der Waals surface area contributed by atoms with E-state index in [1.165, 1.54) is 24.3 Å². The Morgan fingerprint density at radius 3 is 2.81 bits per heavy atom. The van der Waals surface area contributed by atoms with Gasteiger partial charge in [-0.1, -0.05) is 19.9 Å². The minimum absolute atomic E-state index is 0.801. The first-order valence-corrected chi connectivity index (χ1v) is 7.63. The molecule has 1 aromatic heterocycles. The summed E-state index contributed by atoms with van der Waals surface area (Å²) in [6.45, 7) is 8.04. The summed E-state index contributed by atoms with van der Waals surface area (Å²) in [6, 6.07) is 4.36. The van der Waals surface area contributed by atoms with Crippen LogP contribution in [0.15, 0.2) is 17.5 Å². The summed E-state index contributed by atoms with van der Waals surface area (Å²) in [7, 11) is 0. The van der Waals surface area contributed by atoms with Crippen molar-refractivity contribution in [3.63, 3.8) is 0 Å². The first kappa shape index (κ1) is 14.1. The molecule has 0 N–H and O–H groups in total. The Balaban J connectivity index is 2.26. The summed E-state index contributed by atoms with van der Waals surface area (Å²) in [5.74, 6) is 1.81. The van der Waals surface area contributed by atoms with Gasteiger partial charge in [0.15, 0.2) is 0 Å². The van der Waals surface area contributed by atoms with Crippen molar-refractivity contribution < 1.29 is 0 Å². The summed E-state index contributed by atoms with van der Waals surface area (Å²) >= 11 is 6.14. The third-order valence-electron chi connectivity index (χ3n) is 2.97. The zero-order valence-corrected chi connectivity index (χ0v) is 12.1. The van der Waals surface area contributed by atoms with Gasteiger partial charge in [-0.15, -0.1) is 11.3 Å². The SMILES string of the molecule is CCN(CCC(C)CCS)Cc1cccs1.